The van der Waals surface area contributed by atoms with Crippen molar-refractivity contribution in [3.8, 4) is 11.5 Å². The Bertz CT molecular complexity index is 764. The molecule has 0 radical (unpaired) electrons. The molecule has 1 fully saturated rings. The first-order valence-electron chi connectivity index (χ1n) is 8.47. The van der Waals surface area contributed by atoms with Crippen LogP contribution in [0.25, 0.3) is 0 Å². The van der Waals surface area contributed by atoms with Gasteiger partial charge in [-0.3, -0.25) is 9.59 Å². The summed E-state index contributed by atoms with van der Waals surface area (Å²) in [4.78, 5) is 26.7. The topological polar surface area (TPSA) is 81.0 Å². The first kappa shape index (κ1) is 17.8. The van der Waals surface area contributed by atoms with Crippen LogP contribution in [0, 0.1) is 0 Å². The molecule has 1 saturated heterocycles. The number of furan rings is 1. The first-order chi connectivity index (χ1) is 12.6. The van der Waals surface area contributed by atoms with E-state index in [1.165, 1.54) is 26.7 Å². The number of methoxy groups -OCH3 is 2. The summed E-state index contributed by atoms with van der Waals surface area (Å²) < 4.78 is 15.5. The van der Waals surface area contributed by atoms with Crippen molar-refractivity contribution in [2.45, 2.75) is 18.9 Å². The number of hydrogen-bond donors (Lipinski definition) is 1. The van der Waals surface area contributed by atoms with Gasteiger partial charge in [-0.25, -0.2) is 0 Å². The second-order valence-electron chi connectivity index (χ2n) is 6.09. The van der Waals surface area contributed by atoms with Gasteiger partial charge in [-0.05, 0) is 31.0 Å². The van der Waals surface area contributed by atoms with E-state index in [4.69, 9.17) is 13.9 Å². The van der Waals surface area contributed by atoms with E-state index in [-0.39, 0.29) is 17.9 Å². The summed E-state index contributed by atoms with van der Waals surface area (Å²) in [6.45, 7) is 1.18. The molecule has 2 heterocycles. The van der Waals surface area contributed by atoms with Crippen LogP contribution in [0.1, 0.15) is 33.6 Å². The largest absolute Gasteiger partial charge is 0.493 e. The summed E-state index contributed by atoms with van der Waals surface area (Å²) >= 11 is 0. The molecule has 3 rings (SSSR count). The van der Waals surface area contributed by atoms with Crippen molar-refractivity contribution in [1.29, 1.82) is 0 Å². The van der Waals surface area contributed by atoms with Gasteiger partial charge in [0.25, 0.3) is 11.8 Å². The third-order valence-electron chi connectivity index (χ3n) is 4.53. The van der Waals surface area contributed by atoms with Crippen molar-refractivity contribution in [3.63, 3.8) is 0 Å². The van der Waals surface area contributed by atoms with E-state index < -0.39 is 0 Å². The molecular formula is C19H22N2O5. The minimum Gasteiger partial charge on any atom is -0.493 e. The minimum absolute atomic E-state index is 0.00630. The van der Waals surface area contributed by atoms with Gasteiger partial charge in [-0.1, -0.05) is 6.07 Å². The van der Waals surface area contributed by atoms with E-state index in [1.54, 1.807) is 29.2 Å². The van der Waals surface area contributed by atoms with Gasteiger partial charge >= 0.3 is 0 Å². The Morgan fingerprint density at radius 1 is 1.15 bits per heavy atom. The van der Waals surface area contributed by atoms with Crippen molar-refractivity contribution in [2.75, 3.05) is 27.3 Å². The maximum absolute atomic E-state index is 12.6. The zero-order valence-electron chi connectivity index (χ0n) is 14.9. The Morgan fingerprint density at radius 2 is 1.92 bits per heavy atom. The number of para-hydroxylation sites is 1. The number of hydrogen-bond acceptors (Lipinski definition) is 5. The molecular weight excluding hydrogens is 336 g/mol. The number of likely N-dealkylation sites (tertiary alicyclic amines) is 1. The zero-order valence-corrected chi connectivity index (χ0v) is 14.9. The van der Waals surface area contributed by atoms with Crippen LogP contribution in [0.3, 0.4) is 0 Å². The Morgan fingerprint density at radius 3 is 2.54 bits per heavy atom. The third kappa shape index (κ3) is 3.66. The van der Waals surface area contributed by atoms with Crippen LogP contribution in [-0.2, 0) is 0 Å². The van der Waals surface area contributed by atoms with Crippen LogP contribution in [0.4, 0.5) is 0 Å². The maximum Gasteiger partial charge on any atom is 0.257 e. The summed E-state index contributed by atoms with van der Waals surface area (Å²) in [6.07, 6.45) is 4.33. The van der Waals surface area contributed by atoms with Gasteiger partial charge in [-0.15, -0.1) is 0 Å². The van der Waals surface area contributed by atoms with Gasteiger partial charge in [0.15, 0.2) is 11.5 Å². The SMILES string of the molecule is COc1cccc(C(=O)NC2CCN(C(=O)c3ccoc3)CC2)c1OC. The molecule has 1 aliphatic rings. The van der Waals surface area contributed by atoms with E-state index in [1.807, 2.05) is 0 Å². The molecule has 1 aliphatic heterocycles. The third-order valence-corrected chi connectivity index (χ3v) is 4.53. The summed E-state index contributed by atoms with van der Waals surface area (Å²) in [5.74, 6) is 0.680. The summed E-state index contributed by atoms with van der Waals surface area (Å²) in [5.41, 5.74) is 0.984. The number of nitrogens with zero attached hydrogens (tertiary/aromatic N) is 1. The molecule has 26 heavy (non-hydrogen) atoms. The number of ether oxygens (including phenoxy) is 2. The van der Waals surface area contributed by atoms with Gasteiger partial charge in [-0.2, -0.15) is 0 Å². The van der Waals surface area contributed by atoms with E-state index in [2.05, 4.69) is 5.32 Å². The van der Waals surface area contributed by atoms with Crippen LogP contribution in [0.2, 0.25) is 0 Å². The van der Waals surface area contributed by atoms with Crippen LogP contribution in [0.15, 0.2) is 41.2 Å². The number of piperidine rings is 1. The number of rotatable bonds is 5. The lowest BCUT2D eigenvalue weighted by atomic mass is 10.0. The van der Waals surface area contributed by atoms with Crippen molar-refractivity contribution < 1.29 is 23.5 Å². The highest BCUT2D eigenvalue weighted by Gasteiger charge is 2.26. The second-order valence-corrected chi connectivity index (χ2v) is 6.09. The van der Waals surface area contributed by atoms with Crippen LogP contribution >= 0.6 is 0 Å². The molecule has 0 spiro atoms. The Hall–Kier alpha value is -2.96. The van der Waals surface area contributed by atoms with E-state index in [0.29, 0.717) is 48.6 Å². The zero-order chi connectivity index (χ0) is 18.5. The van der Waals surface area contributed by atoms with Gasteiger partial charge in [0, 0.05) is 19.1 Å². The van der Waals surface area contributed by atoms with Crippen LogP contribution < -0.4 is 14.8 Å². The molecule has 1 aromatic carbocycles. The molecule has 138 valence electrons. The Labute approximate surface area is 151 Å². The number of carbonyl (C=O) groups excluding carboxylic acids is 2. The van der Waals surface area contributed by atoms with Crippen molar-refractivity contribution in [1.82, 2.24) is 10.2 Å². The monoisotopic (exact) mass is 358 g/mol. The molecule has 1 aromatic heterocycles. The Kier molecular flexibility index (Phi) is 5.46. The Balaban J connectivity index is 1.60. The average molecular weight is 358 g/mol. The molecule has 7 nitrogen and oxygen atoms in total. The molecule has 0 saturated carbocycles. The summed E-state index contributed by atoms with van der Waals surface area (Å²) in [7, 11) is 3.04. The standard InChI is InChI=1S/C19H22N2O5/c1-24-16-5-3-4-15(17(16)25-2)18(22)20-14-6-9-21(10-7-14)19(23)13-8-11-26-12-13/h3-5,8,11-12,14H,6-7,9-10H2,1-2H3,(H,20,22). The fourth-order valence-corrected chi connectivity index (χ4v) is 3.12. The fourth-order valence-electron chi connectivity index (χ4n) is 3.12. The van der Waals surface area contributed by atoms with Gasteiger partial charge < -0.3 is 24.1 Å². The second kappa shape index (κ2) is 7.95. The predicted octanol–water partition coefficient (Wildman–Crippen LogP) is 2.33. The van der Waals surface area contributed by atoms with Crippen LogP contribution in [0.5, 0.6) is 11.5 Å². The summed E-state index contributed by atoms with van der Waals surface area (Å²) in [5, 5.41) is 3.02. The summed E-state index contributed by atoms with van der Waals surface area (Å²) in [6, 6.07) is 6.86. The molecule has 0 aliphatic carbocycles. The first-order valence-corrected chi connectivity index (χ1v) is 8.47. The molecule has 2 amide bonds. The number of amides is 2. The number of nitrogens with one attached hydrogen (secondary N) is 1. The van der Waals surface area contributed by atoms with Gasteiger partial charge in [0.05, 0.1) is 31.6 Å². The normalized spacial score (nSPS) is 14.8. The smallest absolute Gasteiger partial charge is 0.257 e. The van der Waals surface area contributed by atoms with Crippen LogP contribution in [-0.4, -0.2) is 50.1 Å². The minimum atomic E-state index is -0.208. The molecule has 0 atom stereocenters. The lowest BCUT2D eigenvalue weighted by Crippen LogP contribution is -2.46. The fraction of sp³-hybridized carbons (Fsp3) is 0.368. The highest BCUT2D eigenvalue weighted by Crippen LogP contribution is 2.30. The average Bonchev–Trinajstić information content (AvgIpc) is 3.22. The highest BCUT2D eigenvalue weighted by atomic mass is 16.5. The lowest BCUT2D eigenvalue weighted by molar-refractivity contribution is 0.0697. The van der Waals surface area contributed by atoms with E-state index >= 15 is 0 Å². The van der Waals surface area contributed by atoms with E-state index in [9.17, 15) is 9.59 Å². The van der Waals surface area contributed by atoms with E-state index in [0.717, 1.165) is 0 Å². The van der Waals surface area contributed by atoms with Crippen molar-refractivity contribution in [3.05, 3.63) is 47.9 Å². The van der Waals surface area contributed by atoms with Crippen molar-refractivity contribution in [2.24, 2.45) is 0 Å². The quantitative estimate of drug-likeness (QED) is 0.887. The molecule has 0 unspecified atom stereocenters. The van der Waals surface area contributed by atoms with Gasteiger partial charge in [0.1, 0.15) is 6.26 Å². The highest BCUT2D eigenvalue weighted by molar-refractivity contribution is 5.98. The molecule has 1 N–H and O–H groups in total. The molecule has 2 aromatic rings. The maximum atomic E-state index is 12.6. The number of benzene rings is 1. The predicted molar refractivity (Wildman–Crippen MR) is 94.6 cm³/mol. The molecule has 0 bridgehead atoms. The lowest BCUT2D eigenvalue weighted by Gasteiger charge is -2.32. The molecule has 7 heteroatoms. The van der Waals surface area contributed by atoms with Crippen molar-refractivity contribution >= 4 is 11.8 Å². The van der Waals surface area contributed by atoms with Gasteiger partial charge in [0.2, 0.25) is 0 Å². The number of carbonyl (C=O) groups is 2.